The summed E-state index contributed by atoms with van der Waals surface area (Å²) in [5, 5.41) is 44.7. The van der Waals surface area contributed by atoms with E-state index in [4.69, 9.17) is 4.74 Å². The van der Waals surface area contributed by atoms with Gasteiger partial charge in [-0.1, -0.05) is 12.1 Å². The molecule has 75 heavy (non-hydrogen) atoms. The van der Waals surface area contributed by atoms with Crippen LogP contribution >= 0.6 is 0 Å². The van der Waals surface area contributed by atoms with Crippen molar-refractivity contribution in [2.75, 3.05) is 98.3 Å². The third-order valence-corrected chi connectivity index (χ3v) is 16.4. The molecule has 0 aliphatic carbocycles. The zero-order valence-electron chi connectivity index (χ0n) is 43.7. The quantitative estimate of drug-likeness (QED) is 0.157. The number of hydrogen-bond donors (Lipinski definition) is 3. The number of hydrogen-bond acceptors (Lipinski definition) is 15. The standard InChI is InChI=1S/C32H38N6O3.C27H30N6O/c1-21-16-36(28-10-7-22(15-33)30-27(28)6-5-11-34-30)19-29-26-9-8-24(14-23(26)17-38(21)29)37-13-12-35(18-25(37)20-39)31(40)41-32(2,3)4;1-18-14-31(25-7-4-19(12-28)27-24(25)3-2-8-30-27)16-26-23-6-5-21(11-20(23)15-33(18)26)32-10-9-29-13-22(32)17-34/h5-11,14,21,25,29,39H,12-13,16-20H2,1-4H3;2-8,11,18,22,26,29,34H,9-10,13-17H2,1H3/t21-,25-,29-;18-,22-,26-/m11/s1. The lowest BCUT2D eigenvalue weighted by Gasteiger charge is -2.44. The van der Waals surface area contributed by atoms with Gasteiger partial charge in [-0.2, -0.15) is 10.5 Å². The van der Waals surface area contributed by atoms with Gasteiger partial charge in [-0.05, 0) is 130 Å². The van der Waals surface area contributed by atoms with Crippen molar-refractivity contribution >= 4 is 50.6 Å². The highest BCUT2D eigenvalue weighted by molar-refractivity contribution is 5.96. The zero-order chi connectivity index (χ0) is 52.1. The minimum atomic E-state index is -0.550. The average molecular weight is 1010 g/mol. The molecule has 8 heterocycles. The maximum Gasteiger partial charge on any atom is 0.410 e. The van der Waals surface area contributed by atoms with Gasteiger partial charge in [-0.15, -0.1) is 0 Å². The van der Waals surface area contributed by atoms with Gasteiger partial charge in [0, 0.05) is 137 Å². The molecule has 6 aromatic rings. The second-order valence-corrected chi connectivity index (χ2v) is 22.1. The Hall–Kier alpha value is -7.05. The number of carbonyl (C=O) groups is 1. The fraction of sp³-hybridized carbons (Fsp3) is 0.441. The molecule has 0 bridgehead atoms. The molecule has 0 spiro atoms. The number of nitrogens with zero attached hydrogens (tertiary/aromatic N) is 11. The van der Waals surface area contributed by atoms with Crippen LogP contribution < -0.4 is 24.9 Å². The van der Waals surface area contributed by atoms with Crippen LogP contribution in [-0.4, -0.2) is 149 Å². The molecular weight excluding hydrogens is 941 g/mol. The predicted molar refractivity (Wildman–Crippen MR) is 293 cm³/mol. The van der Waals surface area contributed by atoms with Crippen LogP contribution in [0.3, 0.4) is 0 Å². The maximum absolute atomic E-state index is 12.7. The van der Waals surface area contributed by atoms with Gasteiger partial charge in [-0.3, -0.25) is 19.8 Å². The van der Waals surface area contributed by atoms with E-state index >= 15 is 0 Å². The Kier molecular flexibility index (Phi) is 13.8. The molecule has 3 N–H and O–H groups in total. The first-order valence-corrected chi connectivity index (χ1v) is 26.6. The van der Waals surface area contributed by atoms with E-state index in [0.29, 0.717) is 48.9 Å². The molecule has 4 saturated heterocycles. The van der Waals surface area contributed by atoms with E-state index < -0.39 is 5.60 Å². The summed E-state index contributed by atoms with van der Waals surface area (Å²) < 4.78 is 5.57. The summed E-state index contributed by atoms with van der Waals surface area (Å²) in [6.07, 6.45) is 3.18. The van der Waals surface area contributed by atoms with Crippen LogP contribution in [0.1, 0.15) is 80.1 Å². The number of aliphatic hydroxyl groups excluding tert-OH is 2. The van der Waals surface area contributed by atoms with E-state index in [1.807, 2.05) is 45.0 Å². The zero-order valence-corrected chi connectivity index (χ0v) is 43.7. The number of ether oxygens (including phenoxy) is 1. The number of carbonyl (C=O) groups excluding carboxylic acids is 1. The lowest BCUT2D eigenvalue weighted by Crippen LogP contribution is -2.57. The van der Waals surface area contributed by atoms with Crippen LogP contribution in [0.5, 0.6) is 0 Å². The van der Waals surface area contributed by atoms with Gasteiger partial charge in [0.25, 0.3) is 0 Å². The largest absolute Gasteiger partial charge is 0.444 e. The summed E-state index contributed by atoms with van der Waals surface area (Å²) in [4.78, 5) is 38.1. The van der Waals surface area contributed by atoms with Gasteiger partial charge in [0.05, 0.1) is 59.5 Å². The highest BCUT2D eigenvalue weighted by Crippen LogP contribution is 2.45. The molecule has 388 valence electrons. The van der Waals surface area contributed by atoms with Gasteiger partial charge in [0.15, 0.2) is 0 Å². The number of benzene rings is 4. The molecule has 4 aromatic carbocycles. The van der Waals surface area contributed by atoms with E-state index in [9.17, 15) is 25.5 Å². The van der Waals surface area contributed by atoms with Crippen molar-refractivity contribution in [3.63, 3.8) is 0 Å². The predicted octanol–water partition coefficient (Wildman–Crippen LogP) is 6.93. The number of amides is 1. The number of fused-ring (bicyclic) bond motifs is 8. The first kappa shape index (κ1) is 50.1. The van der Waals surface area contributed by atoms with E-state index in [-0.39, 0.29) is 37.4 Å². The van der Waals surface area contributed by atoms with Crippen molar-refractivity contribution in [3.05, 3.63) is 131 Å². The summed E-state index contributed by atoms with van der Waals surface area (Å²) >= 11 is 0. The Morgan fingerprint density at radius 2 is 1.20 bits per heavy atom. The molecule has 1 amide bonds. The molecule has 6 aliphatic heterocycles. The average Bonchev–Trinajstić information content (AvgIpc) is 4.00. The van der Waals surface area contributed by atoms with Crippen LogP contribution in [-0.2, 0) is 17.8 Å². The Morgan fingerprint density at radius 3 is 1.69 bits per heavy atom. The Morgan fingerprint density at radius 1 is 0.680 bits per heavy atom. The normalized spacial score (nSPS) is 23.7. The smallest absolute Gasteiger partial charge is 0.410 e. The van der Waals surface area contributed by atoms with Crippen molar-refractivity contribution in [2.45, 2.75) is 89.6 Å². The number of rotatable bonds is 6. The Bertz CT molecular complexity index is 3200. The topological polar surface area (TPSA) is 175 Å². The monoisotopic (exact) mass is 1010 g/mol. The van der Waals surface area contributed by atoms with Gasteiger partial charge < -0.3 is 44.8 Å². The van der Waals surface area contributed by atoms with Gasteiger partial charge in [0.2, 0.25) is 0 Å². The molecule has 0 saturated carbocycles. The molecule has 0 unspecified atom stereocenters. The van der Waals surface area contributed by atoms with Crippen molar-refractivity contribution in [3.8, 4) is 12.1 Å². The fourth-order valence-corrected chi connectivity index (χ4v) is 12.7. The number of aromatic nitrogens is 2. The number of nitriles is 2. The molecule has 16 nitrogen and oxygen atoms in total. The molecule has 12 rings (SSSR count). The lowest BCUT2D eigenvalue weighted by atomic mass is 9.99. The van der Waals surface area contributed by atoms with Crippen LogP contribution in [0, 0.1) is 22.7 Å². The van der Waals surface area contributed by atoms with Gasteiger partial charge in [0.1, 0.15) is 17.7 Å². The molecule has 6 aliphatic rings. The Balaban J connectivity index is 0.000000163. The third-order valence-electron chi connectivity index (χ3n) is 16.4. The maximum atomic E-state index is 12.7. The second kappa shape index (κ2) is 20.6. The molecule has 6 atom stereocenters. The molecular formula is C59H68N12O4. The fourth-order valence-electron chi connectivity index (χ4n) is 12.7. The SMILES string of the molecule is C[C@@H]1CN(c2ccc(C#N)c3ncccc23)C[C@@H]2c3ccc(N4CCN(C(=O)OC(C)(C)C)C[C@@H]4CO)cc3CN12.C[C@@H]1CN(c2ccc(C#N)c3ncccc23)C[C@@H]2c3ccc(N4CCNC[C@@H]4CO)cc3CN12. The van der Waals surface area contributed by atoms with E-state index in [1.54, 1.807) is 17.3 Å². The number of pyridine rings is 2. The van der Waals surface area contributed by atoms with E-state index in [0.717, 1.165) is 97.8 Å². The van der Waals surface area contributed by atoms with Crippen LogP contribution in [0.2, 0.25) is 0 Å². The van der Waals surface area contributed by atoms with Crippen molar-refractivity contribution < 1.29 is 19.7 Å². The molecule has 16 heteroatoms. The van der Waals surface area contributed by atoms with Crippen LogP contribution in [0.25, 0.3) is 21.8 Å². The summed E-state index contributed by atoms with van der Waals surface area (Å²) in [7, 11) is 0. The highest BCUT2D eigenvalue weighted by Gasteiger charge is 2.42. The van der Waals surface area contributed by atoms with Gasteiger partial charge in [-0.25, -0.2) is 4.79 Å². The first-order valence-electron chi connectivity index (χ1n) is 26.6. The van der Waals surface area contributed by atoms with Crippen LogP contribution in [0.4, 0.5) is 27.5 Å². The van der Waals surface area contributed by atoms with Crippen molar-refractivity contribution in [2.24, 2.45) is 0 Å². The first-order chi connectivity index (χ1) is 36.3. The molecule has 2 aromatic heterocycles. The third kappa shape index (κ3) is 9.55. The van der Waals surface area contributed by atoms with E-state index in [2.05, 4.69) is 131 Å². The summed E-state index contributed by atoms with van der Waals surface area (Å²) in [6.45, 7) is 20.1. The molecule has 4 fully saturated rings. The van der Waals surface area contributed by atoms with Crippen molar-refractivity contribution in [1.82, 2.24) is 30.0 Å². The lowest BCUT2D eigenvalue weighted by molar-refractivity contribution is 0.0197. The minimum absolute atomic E-state index is 0.0372. The van der Waals surface area contributed by atoms with Crippen molar-refractivity contribution in [1.29, 1.82) is 10.5 Å². The summed E-state index contributed by atoms with van der Waals surface area (Å²) in [5.41, 5.74) is 12.3. The number of nitrogens with one attached hydrogen (secondary N) is 1. The Labute approximate surface area is 439 Å². The highest BCUT2D eigenvalue weighted by atomic mass is 16.6. The summed E-state index contributed by atoms with van der Waals surface area (Å²) in [6, 6.07) is 35.4. The van der Waals surface area contributed by atoms with Gasteiger partial charge >= 0.3 is 6.09 Å². The summed E-state index contributed by atoms with van der Waals surface area (Å²) in [5.74, 6) is 0. The number of piperazine rings is 4. The number of anilines is 4. The van der Waals surface area contributed by atoms with Crippen LogP contribution in [0.15, 0.2) is 97.3 Å². The minimum Gasteiger partial charge on any atom is -0.444 e. The number of aliphatic hydroxyl groups is 2. The van der Waals surface area contributed by atoms with E-state index in [1.165, 1.54) is 27.9 Å². The molecule has 0 radical (unpaired) electrons. The second-order valence-electron chi connectivity index (χ2n) is 22.1.